The quantitative estimate of drug-likeness (QED) is 0.662. The molecule has 0 saturated heterocycles. The third-order valence-electron chi connectivity index (χ3n) is 2.56. The summed E-state index contributed by atoms with van der Waals surface area (Å²) in [5.41, 5.74) is 0.627. The van der Waals surface area contributed by atoms with Gasteiger partial charge < -0.3 is 5.32 Å². The molecule has 74 valence electrons. The molecule has 1 aliphatic carbocycles. The molecule has 0 aromatic rings. The van der Waals surface area contributed by atoms with Crippen LogP contribution in [-0.4, -0.2) is 6.04 Å². The van der Waals surface area contributed by atoms with Crippen LogP contribution in [0.2, 0.25) is 0 Å². The number of rotatable bonds is 3. The average molecular weight is 183 g/mol. The van der Waals surface area contributed by atoms with Crippen LogP contribution >= 0.6 is 0 Å². The second kappa shape index (κ2) is 5.05. The lowest BCUT2D eigenvalue weighted by molar-refractivity contribution is 0.392. The average Bonchev–Trinajstić information content (AvgIpc) is 2.18. The molecule has 0 aromatic heterocycles. The van der Waals surface area contributed by atoms with Gasteiger partial charge in [0.15, 0.2) is 0 Å². The predicted molar refractivity (Wildman–Crippen MR) is 54.0 cm³/mol. The van der Waals surface area contributed by atoms with E-state index in [0.717, 1.165) is 0 Å². The Morgan fingerprint density at radius 1 is 1.38 bits per heavy atom. The van der Waals surface area contributed by atoms with Crippen LogP contribution in [0.3, 0.4) is 0 Å². The van der Waals surface area contributed by atoms with Crippen LogP contribution in [-0.2, 0) is 0 Å². The molecule has 0 unspecified atom stereocenters. The summed E-state index contributed by atoms with van der Waals surface area (Å²) in [6, 6.07) is 0.472. The molecule has 1 fully saturated rings. The Labute approximate surface area is 79.7 Å². The van der Waals surface area contributed by atoms with Crippen LogP contribution in [0.15, 0.2) is 24.2 Å². The molecule has 0 spiro atoms. The van der Waals surface area contributed by atoms with Gasteiger partial charge in [0.1, 0.15) is 5.83 Å². The highest BCUT2D eigenvalue weighted by Crippen LogP contribution is 2.19. The van der Waals surface area contributed by atoms with E-state index in [1.54, 1.807) is 6.92 Å². The van der Waals surface area contributed by atoms with E-state index >= 15 is 0 Å². The van der Waals surface area contributed by atoms with Gasteiger partial charge in [0, 0.05) is 11.7 Å². The van der Waals surface area contributed by atoms with E-state index in [9.17, 15) is 4.39 Å². The highest BCUT2D eigenvalue weighted by Gasteiger charge is 2.13. The molecule has 1 N–H and O–H groups in total. The molecule has 0 aromatic carbocycles. The number of hydrogen-bond acceptors (Lipinski definition) is 1. The van der Waals surface area contributed by atoms with Crippen molar-refractivity contribution in [1.29, 1.82) is 0 Å². The van der Waals surface area contributed by atoms with E-state index in [1.807, 2.05) is 0 Å². The molecule has 13 heavy (non-hydrogen) atoms. The number of hydrogen-bond donors (Lipinski definition) is 1. The van der Waals surface area contributed by atoms with Crippen molar-refractivity contribution in [3.8, 4) is 0 Å². The summed E-state index contributed by atoms with van der Waals surface area (Å²) in [5.74, 6) is -0.231. The summed E-state index contributed by atoms with van der Waals surface area (Å²) in [4.78, 5) is 0. The summed E-state index contributed by atoms with van der Waals surface area (Å²) in [6.07, 6.45) is 7.45. The van der Waals surface area contributed by atoms with Crippen LogP contribution in [0.25, 0.3) is 0 Å². The van der Waals surface area contributed by atoms with Crippen LogP contribution < -0.4 is 5.32 Å². The molecule has 0 heterocycles. The van der Waals surface area contributed by atoms with Gasteiger partial charge in [-0.3, -0.25) is 0 Å². The Bertz CT molecular complexity index is 202. The minimum absolute atomic E-state index is 0.231. The monoisotopic (exact) mass is 183 g/mol. The highest BCUT2D eigenvalue weighted by atomic mass is 19.1. The summed E-state index contributed by atoms with van der Waals surface area (Å²) in [6.45, 7) is 5.17. The molecule has 1 rings (SSSR count). The molecular formula is C11H18FN. The minimum Gasteiger partial charge on any atom is -0.383 e. The Kier molecular flexibility index (Phi) is 4.00. The van der Waals surface area contributed by atoms with Crippen molar-refractivity contribution in [2.75, 3.05) is 0 Å². The lowest BCUT2D eigenvalue weighted by atomic mass is 9.95. The molecule has 0 aliphatic heterocycles. The highest BCUT2D eigenvalue weighted by molar-refractivity contribution is 5.14. The largest absolute Gasteiger partial charge is 0.383 e. The third kappa shape index (κ3) is 3.21. The molecule has 1 saturated carbocycles. The van der Waals surface area contributed by atoms with E-state index in [0.29, 0.717) is 11.7 Å². The van der Waals surface area contributed by atoms with Gasteiger partial charge in [0.25, 0.3) is 0 Å². The molecule has 0 bridgehead atoms. The Morgan fingerprint density at radius 3 is 2.54 bits per heavy atom. The first kappa shape index (κ1) is 10.3. The fourth-order valence-corrected chi connectivity index (χ4v) is 1.78. The molecule has 0 radical (unpaired) electrons. The van der Waals surface area contributed by atoms with E-state index in [-0.39, 0.29) is 5.83 Å². The molecule has 1 aliphatic rings. The van der Waals surface area contributed by atoms with Gasteiger partial charge in [-0.25, -0.2) is 4.39 Å². The predicted octanol–water partition coefficient (Wildman–Crippen LogP) is 3.30. The Hall–Kier alpha value is -0.790. The van der Waals surface area contributed by atoms with Gasteiger partial charge in [-0.2, -0.15) is 0 Å². The van der Waals surface area contributed by atoms with Crippen LogP contribution in [0.4, 0.5) is 4.39 Å². The Balaban J connectivity index is 2.42. The van der Waals surface area contributed by atoms with Crippen molar-refractivity contribution in [3.63, 3.8) is 0 Å². The van der Waals surface area contributed by atoms with E-state index in [1.165, 1.54) is 38.2 Å². The van der Waals surface area contributed by atoms with Crippen molar-refractivity contribution in [3.05, 3.63) is 24.2 Å². The fraction of sp³-hybridized carbons (Fsp3) is 0.636. The number of nitrogens with one attached hydrogen (secondary N) is 1. The van der Waals surface area contributed by atoms with Crippen molar-refractivity contribution in [2.24, 2.45) is 0 Å². The van der Waals surface area contributed by atoms with Crippen molar-refractivity contribution >= 4 is 0 Å². The zero-order chi connectivity index (χ0) is 9.68. The molecule has 2 heteroatoms. The molecule has 1 nitrogen and oxygen atoms in total. The second-order valence-corrected chi connectivity index (χ2v) is 3.66. The molecule has 0 atom stereocenters. The van der Waals surface area contributed by atoms with E-state index in [4.69, 9.17) is 0 Å². The Morgan fingerprint density at radius 2 is 2.00 bits per heavy atom. The van der Waals surface area contributed by atoms with Gasteiger partial charge in [0.05, 0.1) is 0 Å². The van der Waals surface area contributed by atoms with Gasteiger partial charge in [-0.15, -0.1) is 0 Å². The zero-order valence-corrected chi connectivity index (χ0v) is 8.28. The third-order valence-corrected chi connectivity index (χ3v) is 2.56. The SMILES string of the molecule is C=C/C(F)=C(\C)NC1CCCCC1. The lowest BCUT2D eigenvalue weighted by Gasteiger charge is -2.24. The topological polar surface area (TPSA) is 12.0 Å². The summed E-state index contributed by atoms with van der Waals surface area (Å²) < 4.78 is 13.0. The van der Waals surface area contributed by atoms with Crippen molar-refractivity contribution in [1.82, 2.24) is 5.32 Å². The first-order valence-electron chi connectivity index (χ1n) is 4.99. The normalized spacial score (nSPS) is 20.8. The van der Waals surface area contributed by atoms with Crippen LogP contribution in [0.1, 0.15) is 39.0 Å². The van der Waals surface area contributed by atoms with E-state index < -0.39 is 0 Å². The van der Waals surface area contributed by atoms with Crippen LogP contribution in [0, 0.1) is 0 Å². The van der Waals surface area contributed by atoms with Crippen molar-refractivity contribution in [2.45, 2.75) is 45.1 Å². The molecule has 0 amide bonds. The first-order valence-corrected chi connectivity index (χ1v) is 4.99. The minimum atomic E-state index is -0.231. The number of halogens is 1. The zero-order valence-electron chi connectivity index (χ0n) is 8.28. The maximum Gasteiger partial charge on any atom is 0.141 e. The number of allylic oxidation sites excluding steroid dienone is 3. The molecular weight excluding hydrogens is 165 g/mol. The lowest BCUT2D eigenvalue weighted by Crippen LogP contribution is -2.29. The summed E-state index contributed by atoms with van der Waals surface area (Å²) in [5, 5.41) is 3.20. The van der Waals surface area contributed by atoms with Gasteiger partial charge in [0.2, 0.25) is 0 Å². The first-order chi connectivity index (χ1) is 6.24. The van der Waals surface area contributed by atoms with E-state index in [2.05, 4.69) is 11.9 Å². The van der Waals surface area contributed by atoms with Gasteiger partial charge >= 0.3 is 0 Å². The fourth-order valence-electron chi connectivity index (χ4n) is 1.78. The maximum atomic E-state index is 13.0. The summed E-state index contributed by atoms with van der Waals surface area (Å²) >= 11 is 0. The smallest absolute Gasteiger partial charge is 0.141 e. The maximum absolute atomic E-state index is 13.0. The van der Waals surface area contributed by atoms with Crippen LogP contribution in [0.5, 0.6) is 0 Å². The summed E-state index contributed by atoms with van der Waals surface area (Å²) in [7, 11) is 0. The standard InChI is InChI=1S/C11H18FN/c1-3-11(12)9(2)13-10-7-5-4-6-8-10/h3,10,13H,1,4-8H2,2H3/b11-9-. The van der Waals surface area contributed by atoms with Crippen molar-refractivity contribution < 1.29 is 4.39 Å². The van der Waals surface area contributed by atoms with Gasteiger partial charge in [-0.1, -0.05) is 25.8 Å². The van der Waals surface area contributed by atoms with Gasteiger partial charge in [-0.05, 0) is 25.8 Å². The second-order valence-electron chi connectivity index (χ2n) is 3.66.